The fraction of sp³-hybridized carbons (Fsp3) is 0.440. The average Bonchev–Trinajstić information content (AvgIpc) is 3.09. The summed E-state index contributed by atoms with van der Waals surface area (Å²) in [4.78, 5) is 27.1. The van der Waals surface area contributed by atoms with E-state index >= 15 is 0 Å². The third-order valence-electron chi connectivity index (χ3n) is 5.64. The number of likely N-dealkylation sites (tertiary alicyclic amines) is 1. The summed E-state index contributed by atoms with van der Waals surface area (Å²) < 4.78 is 10.4. The molecule has 1 saturated heterocycles. The van der Waals surface area contributed by atoms with Crippen LogP contribution in [0.1, 0.15) is 47.2 Å². The van der Waals surface area contributed by atoms with Crippen molar-refractivity contribution in [3.63, 3.8) is 0 Å². The molecule has 0 bridgehead atoms. The molecule has 172 valence electrons. The summed E-state index contributed by atoms with van der Waals surface area (Å²) in [6, 6.07) is 13.2. The molecule has 2 amide bonds. The van der Waals surface area contributed by atoms with E-state index in [1.807, 2.05) is 12.1 Å². The third kappa shape index (κ3) is 6.99. The van der Waals surface area contributed by atoms with E-state index in [1.165, 1.54) is 45.5 Å². The van der Waals surface area contributed by atoms with Crippen molar-refractivity contribution in [2.45, 2.75) is 38.8 Å². The molecule has 2 aromatic rings. The Hall–Kier alpha value is -3.06. The number of rotatable bonds is 9. The molecular weight excluding hydrogens is 406 g/mol. The molecular formula is C25H33N3O4. The molecule has 1 heterocycles. The number of benzene rings is 2. The van der Waals surface area contributed by atoms with Crippen molar-refractivity contribution in [1.29, 1.82) is 0 Å². The molecule has 7 nitrogen and oxygen atoms in total. The molecule has 2 N–H and O–H groups in total. The van der Waals surface area contributed by atoms with Crippen LogP contribution in [0.5, 0.6) is 11.5 Å². The van der Waals surface area contributed by atoms with E-state index in [0.29, 0.717) is 23.6 Å². The van der Waals surface area contributed by atoms with Gasteiger partial charge in [-0.3, -0.25) is 14.5 Å². The molecule has 1 aliphatic heterocycles. The fourth-order valence-corrected chi connectivity index (χ4v) is 3.89. The van der Waals surface area contributed by atoms with Gasteiger partial charge >= 0.3 is 0 Å². The van der Waals surface area contributed by atoms with Gasteiger partial charge in [-0.25, -0.2) is 0 Å². The van der Waals surface area contributed by atoms with Crippen LogP contribution in [0, 0.1) is 0 Å². The first kappa shape index (κ1) is 23.6. The maximum atomic E-state index is 12.4. The number of hydrogen-bond donors (Lipinski definition) is 2. The Morgan fingerprint density at radius 1 is 0.875 bits per heavy atom. The van der Waals surface area contributed by atoms with Crippen LogP contribution in [0.3, 0.4) is 0 Å². The van der Waals surface area contributed by atoms with E-state index in [2.05, 4.69) is 27.7 Å². The number of amides is 2. The molecule has 3 rings (SSSR count). The highest BCUT2D eigenvalue weighted by atomic mass is 16.5. The van der Waals surface area contributed by atoms with Crippen LogP contribution in [0.4, 0.5) is 0 Å². The second-order valence-electron chi connectivity index (χ2n) is 8.04. The molecule has 1 aliphatic rings. The molecule has 0 radical (unpaired) electrons. The standard InChI is InChI=1S/C25H33N3O4/c1-31-22-11-10-21(15-23(22)32-2)25(30)27-17-24(29)26-16-19-8-7-9-20(14-19)18-28-12-5-3-4-6-13-28/h7-11,14-15H,3-6,12-13,16-18H2,1-2H3,(H,26,29)(H,27,30). The van der Waals surface area contributed by atoms with E-state index in [9.17, 15) is 9.59 Å². The molecule has 2 aromatic carbocycles. The van der Waals surface area contributed by atoms with Gasteiger partial charge in [-0.2, -0.15) is 0 Å². The Labute approximate surface area is 190 Å². The number of carbonyl (C=O) groups excluding carboxylic acids is 2. The van der Waals surface area contributed by atoms with E-state index in [1.54, 1.807) is 18.2 Å². The number of hydrogen-bond acceptors (Lipinski definition) is 5. The molecule has 0 unspecified atom stereocenters. The lowest BCUT2D eigenvalue weighted by atomic mass is 10.1. The maximum absolute atomic E-state index is 12.4. The van der Waals surface area contributed by atoms with Crippen molar-refractivity contribution in [3.8, 4) is 11.5 Å². The normalized spacial score (nSPS) is 14.3. The van der Waals surface area contributed by atoms with Gasteiger partial charge in [-0.05, 0) is 55.3 Å². The van der Waals surface area contributed by atoms with Crippen molar-refractivity contribution in [2.24, 2.45) is 0 Å². The first-order valence-electron chi connectivity index (χ1n) is 11.2. The second kappa shape index (κ2) is 12.1. The lowest BCUT2D eigenvalue weighted by Gasteiger charge is -2.20. The Balaban J connectivity index is 1.46. The summed E-state index contributed by atoms with van der Waals surface area (Å²) >= 11 is 0. The molecule has 1 fully saturated rings. The van der Waals surface area contributed by atoms with Gasteiger partial charge < -0.3 is 20.1 Å². The summed E-state index contributed by atoms with van der Waals surface area (Å²) in [6.45, 7) is 3.59. The minimum absolute atomic E-state index is 0.0966. The van der Waals surface area contributed by atoms with Crippen LogP contribution in [-0.2, 0) is 17.9 Å². The predicted octanol–water partition coefficient (Wildman–Crippen LogP) is 3.13. The highest BCUT2D eigenvalue weighted by Gasteiger charge is 2.13. The molecule has 0 saturated carbocycles. The van der Waals surface area contributed by atoms with Crippen LogP contribution in [0.2, 0.25) is 0 Å². The third-order valence-corrected chi connectivity index (χ3v) is 5.64. The number of methoxy groups -OCH3 is 2. The second-order valence-corrected chi connectivity index (χ2v) is 8.04. The van der Waals surface area contributed by atoms with Crippen molar-refractivity contribution < 1.29 is 19.1 Å². The first-order chi connectivity index (χ1) is 15.6. The largest absolute Gasteiger partial charge is 0.493 e. The number of nitrogens with one attached hydrogen (secondary N) is 2. The molecule has 0 spiro atoms. The zero-order chi connectivity index (χ0) is 22.8. The number of nitrogens with zero attached hydrogens (tertiary/aromatic N) is 1. The summed E-state index contributed by atoms with van der Waals surface area (Å²) in [6.07, 6.45) is 5.19. The summed E-state index contributed by atoms with van der Waals surface area (Å²) in [7, 11) is 3.04. The van der Waals surface area contributed by atoms with Gasteiger partial charge in [0, 0.05) is 18.7 Å². The minimum atomic E-state index is -0.347. The van der Waals surface area contributed by atoms with Gasteiger partial charge in [0.2, 0.25) is 5.91 Å². The topological polar surface area (TPSA) is 79.9 Å². The highest BCUT2D eigenvalue weighted by molar-refractivity contribution is 5.97. The summed E-state index contributed by atoms with van der Waals surface area (Å²) in [5.41, 5.74) is 2.72. The van der Waals surface area contributed by atoms with Crippen molar-refractivity contribution in [3.05, 3.63) is 59.2 Å². The fourth-order valence-electron chi connectivity index (χ4n) is 3.89. The Bertz CT molecular complexity index is 908. The van der Waals surface area contributed by atoms with Crippen molar-refractivity contribution in [2.75, 3.05) is 33.9 Å². The van der Waals surface area contributed by atoms with Crippen LogP contribution in [-0.4, -0.2) is 50.6 Å². The number of carbonyl (C=O) groups is 2. The SMILES string of the molecule is COc1ccc(C(=O)NCC(=O)NCc2cccc(CN3CCCCCC3)c2)cc1OC. The quantitative estimate of drug-likeness (QED) is 0.628. The van der Waals surface area contributed by atoms with E-state index in [-0.39, 0.29) is 18.4 Å². The van der Waals surface area contributed by atoms with Gasteiger partial charge in [-0.1, -0.05) is 37.1 Å². The molecule has 7 heteroatoms. The zero-order valence-electron chi connectivity index (χ0n) is 19.0. The van der Waals surface area contributed by atoms with E-state index in [4.69, 9.17) is 9.47 Å². The monoisotopic (exact) mass is 439 g/mol. The van der Waals surface area contributed by atoms with Crippen LogP contribution in [0.25, 0.3) is 0 Å². The van der Waals surface area contributed by atoms with Gasteiger partial charge in [0.1, 0.15) is 0 Å². The van der Waals surface area contributed by atoms with E-state index < -0.39 is 0 Å². The van der Waals surface area contributed by atoms with Gasteiger partial charge in [0.05, 0.1) is 20.8 Å². The Morgan fingerprint density at radius 3 is 2.31 bits per heavy atom. The Morgan fingerprint density at radius 2 is 1.59 bits per heavy atom. The lowest BCUT2D eigenvalue weighted by molar-refractivity contribution is -0.120. The molecule has 0 atom stereocenters. The van der Waals surface area contributed by atoms with Gasteiger partial charge in [0.15, 0.2) is 11.5 Å². The zero-order valence-corrected chi connectivity index (χ0v) is 19.0. The smallest absolute Gasteiger partial charge is 0.251 e. The summed E-state index contributed by atoms with van der Waals surface area (Å²) in [5, 5.41) is 5.52. The minimum Gasteiger partial charge on any atom is -0.493 e. The van der Waals surface area contributed by atoms with Crippen LogP contribution >= 0.6 is 0 Å². The van der Waals surface area contributed by atoms with Gasteiger partial charge in [0.25, 0.3) is 5.91 Å². The predicted molar refractivity (Wildman–Crippen MR) is 124 cm³/mol. The number of ether oxygens (including phenoxy) is 2. The molecule has 32 heavy (non-hydrogen) atoms. The average molecular weight is 440 g/mol. The Kier molecular flexibility index (Phi) is 8.92. The molecule has 0 aliphatic carbocycles. The van der Waals surface area contributed by atoms with Crippen molar-refractivity contribution >= 4 is 11.8 Å². The lowest BCUT2D eigenvalue weighted by Crippen LogP contribution is -2.36. The summed E-state index contributed by atoms with van der Waals surface area (Å²) in [5.74, 6) is 0.418. The van der Waals surface area contributed by atoms with Gasteiger partial charge in [-0.15, -0.1) is 0 Å². The maximum Gasteiger partial charge on any atom is 0.251 e. The first-order valence-corrected chi connectivity index (χ1v) is 11.2. The highest BCUT2D eigenvalue weighted by Crippen LogP contribution is 2.27. The molecule has 0 aromatic heterocycles. The van der Waals surface area contributed by atoms with Crippen LogP contribution in [0.15, 0.2) is 42.5 Å². The van der Waals surface area contributed by atoms with Crippen molar-refractivity contribution in [1.82, 2.24) is 15.5 Å². The van der Waals surface area contributed by atoms with E-state index in [0.717, 1.165) is 25.2 Å². The van der Waals surface area contributed by atoms with Crippen LogP contribution < -0.4 is 20.1 Å².